The van der Waals surface area contributed by atoms with E-state index < -0.39 is 12.1 Å². The average Bonchev–Trinajstić information content (AvgIpc) is 2.62. The van der Waals surface area contributed by atoms with E-state index in [2.05, 4.69) is 11.9 Å². The molecule has 136 valence electrons. The average molecular weight is 355 g/mol. The van der Waals surface area contributed by atoms with Crippen molar-refractivity contribution in [1.82, 2.24) is 5.32 Å². The van der Waals surface area contributed by atoms with Gasteiger partial charge in [-0.2, -0.15) is 0 Å². The van der Waals surface area contributed by atoms with E-state index >= 15 is 0 Å². The molecule has 0 aliphatic heterocycles. The molecule has 0 fully saturated rings. The van der Waals surface area contributed by atoms with Crippen LogP contribution in [0.3, 0.4) is 0 Å². The first-order valence-corrected chi connectivity index (χ1v) is 8.09. The highest BCUT2D eigenvalue weighted by atomic mass is 16.6. The third-order valence-corrected chi connectivity index (χ3v) is 3.10. The van der Waals surface area contributed by atoms with Gasteiger partial charge < -0.3 is 19.5 Å². The van der Waals surface area contributed by atoms with Crippen LogP contribution in [0.2, 0.25) is 0 Å². The van der Waals surface area contributed by atoms with E-state index in [0.29, 0.717) is 25.3 Å². The van der Waals surface area contributed by atoms with Crippen molar-refractivity contribution in [2.75, 3.05) is 19.8 Å². The lowest BCUT2D eigenvalue weighted by Crippen LogP contribution is -2.30. The summed E-state index contributed by atoms with van der Waals surface area (Å²) in [5, 5.41) is 2.57. The van der Waals surface area contributed by atoms with E-state index in [1.165, 1.54) is 6.07 Å². The Hall–Kier alpha value is -3.12. The van der Waals surface area contributed by atoms with Gasteiger partial charge >= 0.3 is 12.1 Å². The number of ether oxygens (including phenoxy) is 3. The number of rotatable bonds is 8. The SMILES string of the molecule is C=C(C)COCCNC(=O)Oc1cccc(OC(=O)c2ccccc2)c1. The van der Waals surface area contributed by atoms with Crippen LogP contribution in [0.4, 0.5) is 4.79 Å². The molecule has 0 aromatic heterocycles. The summed E-state index contributed by atoms with van der Waals surface area (Å²) in [5.41, 5.74) is 1.35. The number of hydrogen-bond donors (Lipinski definition) is 1. The quantitative estimate of drug-likeness (QED) is 0.339. The van der Waals surface area contributed by atoms with E-state index in [4.69, 9.17) is 14.2 Å². The van der Waals surface area contributed by atoms with Crippen LogP contribution in [0.25, 0.3) is 0 Å². The number of carbonyl (C=O) groups excluding carboxylic acids is 2. The predicted molar refractivity (Wildman–Crippen MR) is 97.5 cm³/mol. The first kappa shape index (κ1) is 19.2. The molecular weight excluding hydrogens is 334 g/mol. The minimum atomic E-state index is -0.615. The van der Waals surface area contributed by atoms with E-state index in [-0.39, 0.29) is 11.5 Å². The third kappa shape index (κ3) is 6.78. The zero-order valence-electron chi connectivity index (χ0n) is 14.6. The molecule has 0 saturated carbocycles. The fourth-order valence-electron chi connectivity index (χ4n) is 1.96. The highest BCUT2D eigenvalue weighted by Gasteiger charge is 2.10. The normalized spacial score (nSPS) is 10.0. The van der Waals surface area contributed by atoms with Crippen molar-refractivity contribution in [1.29, 1.82) is 0 Å². The summed E-state index contributed by atoms with van der Waals surface area (Å²) in [6.45, 7) is 6.70. The second kappa shape index (κ2) is 10.0. The molecule has 1 N–H and O–H groups in total. The van der Waals surface area contributed by atoms with Crippen molar-refractivity contribution < 1.29 is 23.8 Å². The molecule has 0 bridgehead atoms. The minimum Gasteiger partial charge on any atom is -0.423 e. The van der Waals surface area contributed by atoms with Gasteiger partial charge in [-0.15, -0.1) is 0 Å². The molecule has 0 atom stereocenters. The second-order valence-corrected chi connectivity index (χ2v) is 5.56. The van der Waals surface area contributed by atoms with Crippen LogP contribution >= 0.6 is 0 Å². The largest absolute Gasteiger partial charge is 0.423 e. The molecule has 0 saturated heterocycles. The first-order chi connectivity index (χ1) is 12.5. The molecule has 6 heteroatoms. The summed E-state index contributed by atoms with van der Waals surface area (Å²) in [7, 11) is 0. The van der Waals surface area contributed by atoms with E-state index in [0.717, 1.165) is 5.57 Å². The van der Waals surface area contributed by atoms with Gasteiger partial charge in [-0.3, -0.25) is 0 Å². The molecule has 0 spiro atoms. The van der Waals surface area contributed by atoms with Crippen LogP contribution in [0.5, 0.6) is 11.5 Å². The van der Waals surface area contributed by atoms with Gasteiger partial charge in [-0.1, -0.05) is 36.4 Å². The Kier molecular flexibility index (Phi) is 7.39. The van der Waals surface area contributed by atoms with Gasteiger partial charge in [0.1, 0.15) is 11.5 Å². The zero-order valence-corrected chi connectivity index (χ0v) is 14.6. The van der Waals surface area contributed by atoms with E-state index in [9.17, 15) is 9.59 Å². The Balaban J connectivity index is 1.82. The molecule has 2 aromatic carbocycles. The third-order valence-electron chi connectivity index (χ3n) is 3.10. The van der Waals surface area contributed by atoms with Gasteiger partial charge in [0.05, 0.1) is 18.8 Å². The van der Waals surface area contributed by atoms with Crippen molar-refractivity contribution in [3.8, 4) is 11.5 Å². The predicted octanol–water partition coefficient (Wildman–Crippen LogP) is 3.59. The van der Waals surface area contributed by atoms with Gasteiger partial charge in [0.25, 0.3) is 0 Å². The molecule has 2 aromatic rings. The molecule has 0 aliphatic carbocycles. The topological polar surface area (TPSA) is 73.9 Å². The van der Waals surface area contributed by atoms with Gasteiger partial charge in [0.2, 0.25) is 0 Å². The van der Waals surface area contributed by atoms with Crippen molar-refractivity contribution in [3.63, 3.8) is 0 Å². The highest BCUT2D eigenvalue weighted by molar-refractivity contribution is 5.91. The number of hydrogen-bond acceptors (Lipinski definition) is 5. The molecule has 0 radical (unpaired) electrons. The van der Waals surface area contributed by atoms with Crippen LogP contribution in [0, 0.1) is 0 Å². The van der Waals surface area contributed by atoms with Crippen LogP contribution in [-0.4, -0.2) is 31.8 Å². The van der Waals surface area contributed by atoms with Crippen LogP contribution in [-0.2, 0) is 4.74 Å². The van der Waals surface area contributed by atoms with Crippen molar-refractivity contribution in [2.24, 2.45) is 0 Å². The molecule has 6 nitrogen and oxygen atoms in total. The molecule has 0 unspecified atom stereocenters. The summed E-state index contributed by atoms with van der Waals surface area (Å²) in [4.78, 5) is 23.8. The maximum absolute atomic E-state index is 12.0. The Morgan fingerprint density at radius 1 is 1.00 bits per heavy atom. The van der Waals surface area contributed by atoms with Gasteiger partial charge in [-0.05, 0) is 31.2 Å². The maximum Gasteiger partial charge on any atom is 0.412 e. The number of nitrogens with one attached hydrogen (secondary N) is 1. The lowest BCUT2D eigenvalue weighted by molar-refractivity contribution is 0.0734. The van der Waals surface area contributed by atoms with Crippen molar-refractivity contribution in [2.45, 2.75) is 6.92 Å². The monoisotopic (exact) mass is 355 g/mol. The van der Waals surface area contributed by atoms with Crippen LogP contribution < -0.4 is 14.8 Å². The molecule has 0 heterocycles. The van der Waals surface area contributed by atoms with Gasteiger partial charge in [0.15, 0.2) is 0 Å². The number of benzene rings is 2. The Labute approximate surface area is 152 Å². The van der Waals surface area contributed by atoms with Crippen molar-refractivity contribution in [3.05, 3.63) is 72.3 Å². The summed E-state index contributed by atoms with van der Waals surface area (Å²) < 4.78 is 15.7. The number of carbonyl (C=O) groups is 2. The Morgan fingerprint density at radius 3 is 2.38 bits per heavy atom. The van der Waals surface area contributed by atoms with Crippen LogP contribution in [0.1, 0.15) is 17.3 Å². The molecule has 2 rings (SSSR count). The lowest BCUT2D eigenvalue weighted by atomic mass is 10.2. The fraction of sp³-hybridized carbons (Fsp3) is 0.200. The number of amides is 1. The first-order valence-electron chi connectivity index (χ1n) is 8.09. The molecular formula is C20H21NO5. The molecule has 0 aliphatic rings. The lowest BCUT2D eigenvalue weighted by Gasteiger charge is -2.09. The van der Waals surface area contributed by atoms with Gasteiger partial charge in [-0.25, -0.2) is 9.59 Å². The van der Waals surface area contributed by atoms with E-state index in [1.54, 1.807) is 42.5 Å². The second-order valence-electron chi connectivity index (χ2n) is 5.56. The van der Waals surface area contributed by atoms with Crippen LogP contribution in [0.15, 0.2) is 66.7 Å². The summed E-state index contributed by atoms with van der Waals surface area (Å²) >= 11 is 0. The summed E-state index contributed by atoms with van der Waals surface area (Å²) in [6, 6.07) is 14.9. The maximum atomic E-state index is 12.0. The summed E-state index contributed by atoms with van der Waals surface area (Å²) in [5.74, 6) is 0.0690. The smallest absolute Gasteiger partial charge is 0.412 e. The Bertz CT molecular complexity index is 758. The fourth-order valence-corrected chi connectivity index (χ4v) is 1.96. The number of esters is 1. The molecule has 26 heavy (non-hydrogen) atoms. The standard InChI is InChI=1S/C20H21NO5/c1-15(2)14-24-12-11-21-20(23)26-18-10-6-9-17(13-18)25-19(22)16-7-4-3-5-8-16/h3-10,13H,1,11-12,14H2,2H3,(H,21,23). The summed E-state index contributed by atoms with van der Waals surface area (Å²) in [6.07, 6.45) is -0.615. The highest BCUT2D eigenvalue weighted by Crippen LogP contribution is 2.20. The van der Waals surface area contributed by atoms with Gasteiger partial charge in [0, 0.05) is 12.6 Å². The van der Waals surface area contributed by atoms with E-state index in [1.807, 2.05) is 13.0 Å². The minimum absolute atomic E-state index is 0.267. The zero-order chi connectivity index (χ0) is 18.8. The Morgan fingerprint density at radius 2 is 1.69 bits per heavy atom. The molecule has 1 amide bonds. The van der Waals surface area contributed by atoms with Crippen molar-refractivity contribution >= 4 is 12.1 Å².